The first-order chi connectivity index (χ1) is 61.6. The van der Waals surface area contributed by atoms with E-state index in [1.807, 2.05) is 165 Å². The zero-order chi connectivity index (χ0) is 90.6. The van der Waals surface area contributed by atoms with E-state index in [-0.39, 0.29) is 6.04 Å². The van der Waals surface area contributed by atoms with Gasteiger partial charge in [-0.05, 0) is 195 Å². The normalized spacial score (nSPS) is 14.3. The smallest absolute Gasteiger partial charge is 0.146 e. The summed E-state index contributed by atoms with van der Waals surface area (Å²) in [6.07, 6.45) is 37.6. The molecule has 6 aromatic carbocycles. The van der Waals surface area contributed by atoms with E-state index in [0.717, 1.165) is 115 Å². The number of aryl methyl sites for hydroxylation is 7. The molecule has 125 heavy (non-hydrogen) atoms. The lowest BCUT2D eigenvalue weighted by atomic mass is 9.87. The average molecular weight is 1680 g/mol. The zero-order valence-corrected chi connectivity index (χ0v) is 77.6. The number of nitrogens with zero attached hydrogens (tertiary/aromatic N) is 15. The van der Waals surface area contributed by atoms with Crippen molar-refractivity contribution in [2.45, 2.75) is 233 Å². The molecule has 0 radical (unpaired) electrons. The molecule has 21 rings (SSSR count). The van der Waals surface area contributed by atoms with Gasteiger partial charge in [0.1, 0.15) is 71.2 Å². The molecule has 0 bridgehead atoms. The molecule has 0 aliphatic heterocycles. The van der Waals surface area contributed by atoms with Crippen molar-refractivity contribution in [3.05, 3.63) is 318 Å². The number of nitrogen functional groups attached to an aromatic ring is 4. The quantitative estimate of drug-likeness (QED) is 0.0933. The maximum absolute atomic E-state index is 6.27. The highest BCUT2D eigenvalue weighted by molar-refractivity contribution is 6.01. The van der Waals surface area contributed by atoms with Crippen LogP contribution in [-0.2, 0) is 25.7 Å². The molecule has 21 heteroatoms. The van der Waals surface area contributed by atoms with Crippen LogP contribution in [0.1, 0.15) is 248 Å². The summed E-state index contributed by atoms with van der Waals surface area (Å²) in [6.45, 7) is 38.2. The lowest BCUT2D eigenvalue weighted by Crippen LogP contribution is -2.17. The first-order valence-corrected chi connectivity index (χ1v) is 45.4. The van der Waals surface area contributed by atoms with E-state index in [9.17, 15) is 0 Å². The van der Waals surface area contributed by atoms with Crippen molar-refractivity contribution in [2.75, 3.05) is 22.9 Å². The predicted molar refractivity (Wildman–Crippen MR) is 527 cm³/mol. The number of rotatable bonds is 5. The van der Waals surface area contributed by atoms with Gasteiger partial charge in [-0.25, -0.2) is 44.9 Å². The SMILES string of the molecule is CC.CC.CC.CC.CC.CC.CC.CC.Cc1cn(C2CCCc3ccccc32)c2ncnc(N)c12.Cc1cn(C2CCCc3ccccc32)c2ncnc(N)c12.Cc1cn(C2CCCc3ccccc32)c2ncnc(N)c12.Nc1ncnc2c1c(-c1ccccc1)cn2C1CCCc2ccccc21.c1ccc2[nH]cnc2c1.c1ccncc1.c1cn[nH]c1. The van der Waals surface area contributed by atoms with E-state index < -0.39 is 0 Å². The van der Waals surface area contributed by atoms with Crippen molar-refractivity contribution < 1.29 is 0 Å². The largest absolute Gasteiger partial charge is 0.383 e. The molecule has 4 atom stereocenters. The molecule has 0 amide bonds. The third kappa shape index (κ3) is 24.6. The maximum Gasteiger partial charge on any atom is 0.146 e. The summed E-state index contributed by atoms with van der Waals surface area (Å²) in [7, 11) is 0. The number of imidazole rings is 1. The van der Waals surface area contributed by atoms with Crippen LogP contribution in [0.3, 0.4) is 0 Å². The summed E-state index contributed by atoms with van der Waals surface area (Å²) in [6, 6.07) is 62.1. The van der Waals surface area contributed by atoms with Gasteiger partial charge in [0.05, 0.1) is 63.1 Å². The Morgan fingerprint density at radius 3 is 0.936 bits per heavy atom. The molecule has 11 aromatic heterocycles. The Bertz CT molecular complexity index is 5470. The Morgan fingerprint density at radius 1 is 0.312 bits per heavy atom. The number of para-hydroxylation sites is 2. The van der Waals surface area contributed by atoms with Gasteiger partial charge in [-0.2, -0.15) is 5.10 Å². The van der Waals surface area contributed by atoms with Gasteiger partial charge in [-0.3, -0.25) is 10.1 Å². The number of hydrogen-bond acceptors (Lipinski definition) is 15. The summed E-state index contributed by atoms with van der Waals surface area (Å²) in [4.78, 5) is 45.5. The van der Waals surface area contributed by atoms with Gasteiger partial charge in [-0.15, -0.1) is 0 Å². The summed E-state index contributed by atoms with van der Waals surface area (Å²) < 4.78 is 9.13. The van der Waals surface area contributed by atoms with Crippen LogP contribution >= 0.6 is 0 Å². The third-order valence-electron chi connectivity index (χ3n) is 21.2. The second-order valence-corrected chi connectivity index (χ2v) is 27.9. The Morgan fingerprint density at radius 2 is 0.624 bits per heavy atom. The van der Waals surface area contributed by atoms with Crippen molar-refractivity contribution in [1.82, 2.24) is 83.3 Å². The minimum Gasteiger partial charge on any atom is -0.383 e. The van der Waals surface area contributed by atoms with Crippen LogP contribution in [0.15, 0.2) is 257 Å². The fourth-order valence-electron chi connectivity index (χ4n) is 16.3. The molecule has 0 saturated heterocycles. The first kappa shape index (κ1) is 98.9. The summed E-state index contributed by atoms with van der Waals surface area (Å²) in [5.74, 6) is 2.25. The van der Waals surface area contributed by atoms with Crippen molar-refractivity contribution >= 4 is 78.4 Å². The zero-order valence-electron chi connectivity index (χ0n) is 77.6. The summed E-state index contributed by atoms with van der Waals surface area (Å²) in [5.41, 5.74) is 47.3. The maximum atomic E-state index is 6.27. The number of aromatic nitrogens is 17. The molecule has 10 N–H and O–H groups in total. The van der Waals surface area contributed by atoms with Crippen molar-refractivity contribution in [3.63, 3.8) is 0 Å². The van der Waals surface area contributed by atoms with E-state index in [2.05, 4.69) is 250 Å². The molecule has 0 spiro atoms. The molecule has 4 unspecified atom stereocenters. The van der Waals surface area contributed by atoms with Crippen LogP contribution in [0, 0.1) is 20.8 Å². The van der Waals surface area contributed by atoms with E-state index in [1.54, 1.807) is 56.4 Å². The highest BCUT2D eigenvalue weighted by Gasteiger charge is 2.29. The lowest BCUT2D eigenvalue weighted by Gasteiger charge is -2.27. The van der Waals surface area contributed by atoms with E-state index >= 15 is 0 Å². The number of aromatic amines is 2. The van der Waals surface area contributed by atoms with Crippen LogP contribution < -0.4 is 22.9 Å². The number of hydrogen-bond donors (Lipinski definition) is 6. The summed E-state index contributed by atoms with van der Waals surface area (Å²) >= 11 is 0. The molecule has 4 aliphatic carbocycles. The minimum atomic E-state index is 0.286. The molecule has 658 valence electrons. The van der Waals surface area contributed by atoms with Crippen molar-refractivity contribution in [2.24, 2.45) is 0 Å². The van der Waals surface area contributed by atoms with Crippen LogP contribution in [0.5, 0.6) is 0 Å². The van der Waals surface area contributed by atoms with E-state index in [0.29, 0.717) is 41.4 Å². The summed E-state index contributed by atoms with van der Waals surface area (Å²) in [5, 5.41) is 10.1. The second kappa shape index (κ2) is 53.0. The van der Waals surface area contributed by atoms with Gasteiger partial charge < -0.3 is 46.2 Å². The second-order valence-electron chi connectivity index (χ2n) is 27.9. The Hall–Kier alpha value is -13.2. The van der Waals surface area contributed by atoms with Gasteiger partial charge in [0.2, 0.25) is 0 Å². The molecular weight excluding hydrogens is 1540 g/mol. The predicted octanol–water partition coefficient (Wildman–Crippen LogP) is 25.6. The lowest BCUT2D eigenvalue weighted by molar-refractivity contribution is 0.499. The minimum absolute atomic E-state index is 0.286. The van der Waals surface area contributed by atoms with Gasteiger partial charge in [0.15, 0.2) is 0 Å². The number of fused-ring (bicyclic) bond motifs is 9. The standard InChI is InChI=1S/C22H20N4.3C17H18N4.C7H6N2.C5H5N.C3H4N2.8C2H6/c23-21-20-18(16-7-2-1-3-8-16)13-26(22(20)25-14-24-21)19-12-6-10-15-9-4-5-11-17(15)19;3*1-11-9-21(17-15(11)16(18)19-10-20-17)14-8-4-6-12-5-2-3-7-13(12)14;1-2-4-7-6(3-1)8-5-9-7;1-2-4-6-5-3-1;1-2-4-5-3-1;8*1-2/h1-5,7-9,11,13-14,19H,6,10,12H2,(H2,23,24,25);3*2-3,5,7,9-10,14H,4,6,8H2,1H3,(H2,18,19,20);1-5H,(H,8,9);1-5H;1-3H,(H,4,5);8*1-2H3. The highest BCUT2D eigenvalue weighted by Crippen LogP contribution is 2.43. The average Bonchev–Trinajstić information content (AvgIpc) is 1.62. The fourth-order valence-corrected chi connectivity index (χ4v) is 16.3. The van der Waals surface area contributed by atoms with Gasteiger partial charge >= 0.3 is 0 Å². The number of benzene rings is 6. The van der Waals surface area contributed by atoms with Gasteiger partial charge in [-0.1, -0.05) is 256 Å². The fraction of sp³-hybridized carbons (Fsp3) is 0.337. The van der Waals surface area contributed by atoms with Crippen LogP contribution in [-0.4, -0.2) is 83.3 Å². The third-order valence-corrected chi connectivity index (χ3v) is 21.2. The molecular formula is C104H137N21. The number of H-pyrrole nitrogens is 2. The van der Waals surface area contributed by atoms with Crippen molar-refractivity contribution in [1.29, 1.82) is 0 Å². The topological polar surface area (TPSA) is 297 Å². The van der Waals surface area contributed by atoms with Crippen molar-refractivity contribution in [3.8, 4) is 11.1 Å². The first-order valence-electron chi connectivity index (χ1n) is 45.4. The monoisotopic (exact) mass is 1680 g/mol. The number of anilines is 4. The number of nitrogens with one attached hydrogen (secondary N) is 2. The number of pyridine rings is 1. The van der Waals surface area contributed by atoms with Crippen LogP contribution in [0.4, 0.5) is 23.3 Å². The molecule has 0 fully saturated rings. The van der Waals surface area contributed by atoms with Crippen LogP contribution in [0.2, 0.25) is 0 Å². The van der Waals surface area contributed by atoms with E-state index in [4.69, 9.17) is 22.9 Å². The van der Waals surface area contributed by atoms with Crippen LogP contribution in [0.25, 0.3) is 66.3 Å². The van der Waals surface area contributed by atoms with Gasteiger partial charge in [0.25, 0.3) is 0 Å². The molecule has 17 aromatic rings. The Kier molecular flexibility index (Phi) is 41.9. The van der Waals surface area contributed by atoms with Gasteiger partial charge in [0, 0.05) is 55.1 Å². The Labute approximate surface area is 742 Å². The molecule has 11 heterocycles. The molecule has 21 nitrogen and oxygen atoms in total. The number of nitrogens with two attached hydrogens (primary N) is 4. The Balaban J connectivity index is 0.000000203. The van der Waals surface area contributed by atoms with E-state index in [1.165, 1.54) is 89.5 Å². The highest BCUT2D eigenvalue weighted by atomic mass is 15.1. The molecule has 0 saturated carbocycles. The molecule has 4 aliphatic rings.